The van der Waals surface area contributed by atoms with E-state index >= 15 is 4.39 Å². The van der Waals surface area contributed by atoms with Crippen molar-refractivity contribution in [1.82, 2.24) is 15.5 Å². The number of carbonyl (C=O) groups is 4. The number of fused-ring (bicyclic) bond motifs is 4. The molecule has 158 valence electrons. The summed E-state index contributed by atoms with van der Waals surface area (Å²) in [5.74, 6) is -1.86. The van der Waals surface area contributed by atoms with E-state index in [-0.39, 0.29) is 43.4 Å². The molecule has 0 spiro atoms. The monoisotopic (exact) mass is 414 g/mol. The molecule has 0 saturated carbocycles. The summed E-state index contributed by atoms with van der Waals surface area (Å²) in [5.41, 5.74) is 1.61. The highest BCUT2D eigenvalue weighted by atomic mass is 19.1. The number of hydrogen-bond donors (Lipinski definition) is 2. The molecule has 30 heavy (non-hydrogen) atoms. The van der Waals surface area contributed by atoms with Crippen molar-refractivity contribution >= 4 is 29.6 Å². The van der Waals surface area contributed by atoms with Crippen LogP contribution in [0.15, 0.2) is 12.1 Å². The van der Waals surface area contributed by atoms with Gasteiger partial charge < -0.3 is 10.2 Å². The Morgan fingerprint density at radius 2 is 2.03 bits per heavy atom. The van der Waals surface area contributed by atoms with Gasteiger partial charge in [-0.2, -0.15) is 0 Å². The number of amides is 2. The summed E-state index contributed by atoms with van der Waals surface area (Å²) in [6.45, 7) is 1.67. The number of halogens is 1. The summed E-state index contributed by atoms with van der Waals surface area (Å²) in [5, 5.41) is 5.73. The zero-order valence-electron chi connectivity index (χ0n) is 16.4. The Balaban J connectivity index is 1.51. The third-order valence-corrected chi connectivity index (χ3v) is 6.84. The average Bonchev–Trinajstić information content (AvgIpc) is 3.11. The van der Waals surface area contributed by atoms with Gasteiger partial charge in [0.25, 0.3) is 0 Å². The number of hydrogen-bond acceptors (Lipinski definition) is 7. The third kappa shape index (κ3) is 3.04. The molecular weight excluding hydrogens is 391 g/mol. The molecule has 1 aromatic rings. The Morgan fingerprint density at radius 1 is 1.20 bits per heavy atom. The van der Waals surface area contributed by atoms with Gasteiger partial charge in [0.15, 0.2) is 6.29 Å². The van der Waals surface area contributed by atoms with Gasteiger partial charge in [0.05, 0.1) is 11.7 Å². The first-order valence-electron chi connectivity index (χ1n) is 10.4. The maximum absolute atomic E-state index is 15.1. The van der Waals surface area contributed by atoms with Crippen LogP contribution in [0.2, 0.25) is 0 Å². The first kappa shape index (κ1) is 19.3. The Hall–Kier alpha value is -2.65. The fraction of sp³-hybridized carbons (Fsp3) is 0.524. The van der Waals surface area contributed by atoms with Crippen LogP contribution >= 0.6 is 0 Å². The van der Waals surface area contributed by atoms with Crippen LogP contribution in [0.1, 0.15) is 42.9 Å². The van der Waals surface area contributed by atoms with Crippen molar-refractivity contribution in [3.63, 3.8) is 0 Å². The number of benzene rings is 1. The highest BCUT2D eigenvalue weighted by Gasteiger charge is 2.44. The molecule has 2 bridgehead atoms. The number of imide groups is 1. The van der Waals surface area contributed by atoms with Crippen LogP contribution in [-0.2, 0) is 25.7 Å². The lowest BCUT2D eigenvalue weighted by Crippen LogP contribution is -2.61. The number of ketones is 1. The van der Waals surface area contributed by atoms with E-state index < -0.39 is 23.8 Å². The van der Waals surface area contributed by atoms with E-state index in [1.807, 2.05) is 0 Å². The summed E-state index contributed by atoms with van der Waals surface area (Å²) in [7, 11) is 0. The predicted octanol–water partition coefficient (Wildman–Crippen LogP) is 0.196. The molecule has 1 aromatic carbocycles. The van der Waals surface area contributed by atoms with Crippen LogP contribution in [0.5, 0.6) is 0 Å². The van der Waals surface area contributed by atoms with Gasteiger partial charge in [-0.3, -0.25) is 29.4 Å². The average molecular weight is 414 g/mol. The van der Waals surface area contributed by atoms with Gasteiger partial charge in [-0.05, 0) is 42.5 Å². The second-order valence-electron chi connectivity index (χ2n) is 8.55. The summed E-state index contributed by atoms with van der Waals surface area (Å²) in [6.07, 6.45) is 2.72. The molecule has 5 aliphatic heterocycles. The summed E-state index contributed by atoms with van der Waals surface area (Å²) in [4.78, 5) is 51.6. The van der Waals surface area contributed by atoms with E-state index in [4.69, 9.17) is 0 Å². The van der Waals surface area contributed by atoms with E-state index in [2.05, 4.69) is 15.5 Å². The standard InChI is InChI=1S/C21H23FN4O4/c22-15-5-11-8-26(16-3-4-19(29)24-21(16)30)20(18(28)10-27)14(11)6-17(15)25-9-12-1-2-13(25)7-23-12/h5-6,10,12-13,16,20,23H,1-4,7-9H2,(H,24,29,30). The molecule has 4 unspecified atom stereocenters. The van der Waals surface area contributed by atoms with E-state index in [9.17, 15) is 19.2 Å². The van der Waals surface area contributed by atoms with E-state index in [0.29, 0.717) is 29.4 Å². The lowest BCUT2D eigenvalue weighted by atomic mass is 9.91. The molecule has 0 aromatic heterocycles. The normalized spacial score (nSPS) is 30.9. The fourth-order valence-corrected chi connectivity index (χ4v) is 5.37. The molecule has 8 nitrogen and oxygen atoms in total. The number of piperidine rings is 3. The van der Waals surface area contributed by atoms with Crippen LogP contribution in [0.25, 0.3) is 0 Å². The molecule has 4 fully saturated rings. The summed E-state index contributed by atoms with van der Waals surface area (Å²) >= 11 is 0. The zero-order valence-corrected chi connectivity index (χ0v) is 16.4. The quantitative estimate of drug-likeness (QED) is 0.412. The van der Waals surface area contributed by atoms with Crippen molar-refractivity contribution < 1.29 is 23.6 Å². The van der Waals surface area contributed by atoms with Gasteiger partial charge in [0.2, 0.25) is 17.6 Å². The van der Waals surface area contributed by atoms with Gasteiger partial charge in [0.1, 0.15) is 11.9 Å². The molecular formula is C21H23FN4O4. The van der Waals surface area contributed by atoms with Crippen LogP contribution < -0.4 is 15.5 Å². The molecule has 4 saturated heterocycles. The molecule has 6 rings (SSSR count). The molecule has 5 aliphatic rings. The number of Topliss-reactive ketones (excluding diaryl/α,β-unsaturated/α-hetero) is 1. The summed E-state index contributed by atoms with van der Waals surface area (Å²) in [6, 6.07) is 1.96. The molecule has 4 atom stereocenters. The fourth-order valence-electron chi connectivity index (χ4n) is 5.37. The molecule has 0 aliphatic carbocycles. The van der Waals surface area contributed by atoms with Gasteiger partial charge in [-0.15, -0.1) is 0 Å². The van der Waals surface area contributed by atoms with Crippen LogP contribution in [0, 0.1) is 5.82 Å². The van der Waals surface area contributed by atoms with Crippen LogP contribution in [-0.4, -0.2) is 60.0 Å². The molecule has 9 heteroatoms. The van der Waals surface area contributed by atoms with E-state index in [0.717, 1.165) is 19.4 Å². The SMILES string of the molecule is O=CC(=O)C1c2cc(N3CC4CCC3CN4)c(F)cc2CN1C1CCC(=O)NC1=O. The van der Waals surface area contributed by atoms with Gasteiger partial charge >= 0.3 is 0 Å². The van der Waals surface area contributed by atoms with E-state index in [1.165, 1.54) is 6.07 Å². The molecule has 0 radical (unpaired) electrons. The van der Waals surface area contributed by atoms with Crippen molar-refractivity contribution in [2.24, 2.45) is 0 Å². The lowest BCUT2D eigenvalue weighted by molar-refractivity contribution is -0.141. The number of piperazine rings is 1. The maximum atomic E-state index is 15.1. The second-order valence-corrected chi connectivity index (χ2v) is 8.55. The minimum absolute atomic E-state index is 0.161. The van der Waals surface area contributed by atoms with Crippen molar-refractivity contribution in [2.75, 3.05) is 18.0 Å². The van der Waals surface area contributed by atoms with E-state index in [1.54, 1.807) is 11.0 Å². The highest BCUT2D eigenvalue weighted by molar-refractivity contribution is 6.27. The van der Waals surface area contributed by atoms with Gasteiger partial charge in [-0.1, -0.05) is 0 Å². The Kier molecular flexibility index (Phi) is 4.67. The first-order chi connectivity index (χ1) is 14.5. The zero-order chi connectivity index (χ0) is 21.0. The molecule has 5 heterocycles. The topological polar surface area (TPSA) is 98.8 Å². The predicted molar refractivity (Wildman–Crippen MR) is 104 cm³/mol. The number of rotatable bonds is 4. The number of aldehydes is 1. The number of nitrogens with zero attached hydrogens (tertiary/aromatic N) is 2. The van der Waals surface area contributed by atoms with Gasteiger partial charge in [0, 0.05) is 38.1 Å². The van der Waals surface area contributed by atoms with Crippen molar-refractivity contribution in [2.45, 2.75) is 56.4 Å². The maximum Gasteiger partial charge on any atom is 0.243 e. The smallest absolute Gasteiger partial charge is 0.243 e. The first-order valence-corrected chi connectivity index (χ1v) is 10.4. The number of anilines is 1. The largest absolute Gasteiger partial charge is 0.363 e. The second kappa shape index (κ2) is 7.24. The van der Waals surface area contributed by atoms with Crippen molar-refractivity contribution in [1.29, 1.82) is 0 Å². The Labute approximate surface area is 172 Å². The Bertz CT molecular complexity index is 943. The lowest BCUT2D eigenvalue weighted by Gasteiger charge is -2.47. The molecule has 2 amide bonds. The van der Waals surface area contributed by atoms with Crippen LogP contribution in [0.4, 0.5) is 10.1 Å². The molecule has 2 N–H and O–H groups in total. The van der Waals surface area contributed by atoms with Crippen LogP contribution in [0.3, 0.4) is 0 Å². The minimum Gasteiger partial charge on any atom is -0.363 e. The minimum atomic E-state index is -0.944. The Morgan fingerprint density at radius 3 is 2.67 bits per heavy atom. The van der Waals surface area contributed by atoms with Crippen molar-refractivity contribution in [3.8, 4) is 0 Å². The number of nitrogens with one attached hydrogen (secondary N) is 2. The summed E-state index contributed by atoms with van der Waals surface area (Å²) < 4.78 is 15.1. The highest BCUT2D eigenvalue weighted by Crippen LogP contribution is 2.41. The third-order valence-electron chi connectivity index (χ3n) is 6.84. The van der Waals surface area contributed by atoms with Gasteiger partial charge in [-0.25, -0.2) is 4.39 Å². The number of carbonyl (C=O) groups excluding carboxylic acids is 4. The van der Waals surface area contributed by atoms with Crippen molar-refractivity contribution in [3.05, 3.63) is 29.1 Å².